The third-order valence-electron chi connectivity index (χ3n) is 2.87. The van der Waals surface area contributed by atoms with E-state index < -0.39 is 22.9 Å². The molecule has 1 aromatic heterocycles. The Hall–Kier alpha value is -3.07. The molecule has 0 bridgehead atoms. The summed E-state index contributed by atoms with van der Waals surface area (Å²) in [7, 11) is 2.89. The minimum atomic E-state index is -0.840. The lowest BCUT2D eigenvalue weighted by Gasteiger charge is -2.12. The quantitative estimate of drug-likeness (QED) is 0.396. The molecule has 0 saturated carbocycles. The molecule has 4 N–H and O–H groups in total. The van der Waals surface area contributed by atoms with Crippen molar-refractivity contribution in [3.05, 3.63) is 40.3 Å². The van der Waals surface area contributed by atoms with E-state index in [1.54, 1.807) is 12.1 Å². The Morgan fingerprint density at radius 3 is 2.64 bits per heavy atom. The summed E-state index contributed by atoms with van der Waals surface area (Å²) in [5.74, 6) is 4.40. The summed E-state index contributed by atoms with van der Waals surface area (Å²) in [6.07, 6.45) is 0. The zero-order chi connectivity index (χ0) is 16.3. The SMILES string of the molecule is COc1ccc(OC)c(-n2nc(C(=O)NN)c(O)cc2=O)c1. The monoisotopic (exact) mass is 306 g/mol. The van der Waals surface area contributed by atoms with Gasteiger partial charge < -0.3 is 14.6 Å². The summed E-state index contributed by atoms with van der Waals surface area (Å²) in [5, 5.41) is 13.5. The highest BCUT2D eigenvalue weighted by Crippen LogP contribution is 2.26. The van der Waals surface area contributed by atoms with Gasteiger partial charge in [-0.2, -0.15) is 9.78 Å². The van der Waals surface area contributed by atoms with Crippen molar-refractivity contribution in [3.63, 3.8) is 0 Å². The van der Waals surface area contributed by atoms with E-state index >= 15 is 0 Å². The molecule has 1 aromatic carbocycles. The van der Waals surface area contributed by atoms with E-state index in [0.717, 1.165) is 10.7 Å². The van der Waals surface area contributed by atoms with Crippen molar-refractivity contribution >= 4 is 5.91 Å². The molecule has 0 fully saturated rings. The lowest BCUT2D eigenvalue weighted by atomic mass is 10.2. The van der Waals surface area contributed by atoms with Crippen LogP contribution in [0.2, 0.25) is 0 Å². The number of nitrogens with zero attached hydrogens (tertiary/aromatic N) is 2. The maximum absolute atomic E-state index is 12.1. The molecule has 2 aromatic rings. The number of hydrogen-bond acceptors (Lipinski definition) is 7. The second-order valence-corrected chi connectivity index (χ2v) is 4.14. The highest BCUT2D eigenvalue weighted by Gasteiger charge is 2.18. The molecular formula is C13H14N4O5. The molecule has 1 heterocycles. The van der Waals surface area contributed by atoms with Crippen LogP contribution in [-0.2, 0) is 0 Å². The largest absolute Gasteiger partial charge is 0.505 e. The summed E-state index contributed by atoms with van der Waals surface area (Å²) in [4.78, 5) is 23.6. The smallest absolute Gasteiger partial charge is 0.289 e. The molecule has 0 aliphatic carbocycles. The first kappa shape index (κ1) is 15.3. The first-order valence-corrected chi connectivity index (χ1v) is 6.08. The number of carbonyl (C=O) groups excluding carboxylic acids is 1. The van der Waals surface area contributed by atoms with Crippen LogP contribution in [0.1, 0.15) is 10.5 Å². The first-order valence-electron chi connectivity index (χ1n) is 6.08. The molecule has 116 valence electrons. The minimum absolute atomic E-state index is 0.248. The van der Waals surface area contributed by atoms with Crippen LogP contribution in [0.25, 0.3) is 5.69 Å². The van der Waals surface area contributed by atoms with Crippen LogP contribution in [0.3, 0.4) is 0 Å². The Morgan fingerprint density at radius 1 is 1.32 bits per heavy atom. The lowest BCUT2D eigenvalue weighted by molar-refractivity contribution is 0.0943. The molecule has 1 amide bonds. The molecule has 0 unspecified atom stereocenters. The fourth-order valence-corrected chi connectivity index (χ4v) is 1.81. The number of nitrogens with one attached hydrogen (secondary N) is 1. The number of methoxy groups -OCH3 is 2. The van der Waals surface area contributed by atoms with E-state index in [1.807, 2.05) is 5.43 Å². The minimum Gasteiger partial charge on any atom is -0.505 e. The summed E-state index contributed by atoms with van der Waals surface area (Å²) >= 11 is 0. The Bertz CT molecular complexity index is 772. The molecule has 0 radical (unpaired) electrons. The van der Waals surface area contributed by atoms with E-state index in [1.165, 1.54) is 20.3 Å². The van der Waals surface area contributed by atoms with Crippen molar-refractivity contribution < 1.29 is 19.4 Å². The molecule has 9 nitrogen and oxygen atoms in total. The molecular weight excluding hydrogens is 292 g/mol. The lowest BCUT2D eigenvalue weighted by Crippen LogP contribution is -2.33. The van der Waals surface area contributed by atoms with Crippen molar-refractivity contribution in [2.45, 2.75) is 0 Å². The van der Waals surface area contributed by atoms with Gasteiger partial charge in [0.25, 0.3) is 11.5 Å². The molecule has 9 heteroatoms. The molecule has 0 aliphatic rings. The number of amides is 1. The van der Waals surface area contributed by atoms with Crippen molar-refractivity contribution in [1.82, 2.24) is 15.2 Å². The maximum Gasteiger partial charge on any atom is 0.289 e. The van der Waals surface area contributed by atoms with Crippen molar-refractivity contribution in [2.24, 2.45) is 5.84 Å². The van der Waals surface area contributed by atoms with Gasteiger partial charge in [0.05, 0.1) is 14.2 Å². The molecule has 0 atom stereocenters. The Morgan fingerprint density at radius 2 is 2.05 bits per heavy atom. The van der Waals surface area contributed by atoms with Gasteiger partial charge >= 0.3 is 0 Å². The second kappa shape index (κ2) is 6.14. The average molecular weight is 306 g/mol. The highest BCUT2D eigenvalue weighted by molar-refractivity contribution is 5.94. The Kier molecular flexibility index (Phi) is 4.28. The van der Waals surface area contributed by atoms with Crippen LogP contribution in [0.5, 0.6) is 17.2 Å². The predicted molar refractivity (Wildman–Crippen MR) is 76.3 cm³/mol. The molecule has 0 aliphatic heterocycles. The Labute approximate surface area is 124 Å². The number of carbonyl (C=O) groups is 1. The summed E-state index contributed by atoms with van der Waals surface area (Å²) in [6.45, 7) is 0. The number of aromatic nitrogens is 2. The van der Waals surface area contributed by atoms with Gasteiger partial charge in [0.15, 0.2) is 11.4 Å². The molecule has 0 saturated heterocycles. The van der Waals surface area contributed by atoms with Gasteiger partial charge in [0.2, 0.25) is 0 Å². The third kappa shape index (κ3) is 2.69. The van der Waals surface area contributed by atoms with Crippen molar-refractivity contribution in [3.8, 4) is 22.9 Å². The Balaban J connectivity index is 2.71. The zero-order valence-electron chi connectivity index (χ0n) is 11.9. The molecule has 2 rings (SSSR count). The third-order valence-corrected chi connectivity index (χ3v) is 2.87. The topological polar surface area (TPSA) is 129 Å². The van der Waals surface area contributed by atoms with Crippen LogP contribution >= 0.6 is 0 Å². The number of nitrogen functional groups attached to an aromatic ring is 1. The first-order chi connectivity index (χ1) is 10.5. The van der Waals surface area contributed by atoms with Crippen LogP contribution in [0.4, 0.5) is 0 Å². The van der Waals surface area contributed by atoms with Crippen molar-refractivity contribution in [1.29, 1.82) is 0 Å². The van der Waals surface area contributed by atoms with Crippen molar-refractivity contribution in [2.75, 3.05) is 14.2 Å². The van der Waals surface area contributed by atoms with Gasteiger partial charge in [-0.3, -0.25) is 15.0 Å². The van der Waals surface area contributed by atoms with Gasteiger partial charge in [-0.15, -0.1) is 0 Å². The molecule has 22 heavy (non-hydrogen) atoms. The van der Waals surface area contributed by atoms with Gasteiger partial charge in [-0.1, -0.05) is 0 Å². The highest BCUT2D eigenvalue weighted by atomic mass is 16.5. The number of benzene rings is 1. The summed E-state index contributed by atoms with van der Waals surface area (Å²) < 4.78 is 11.2. The summed E-state index contributed by atoms with van der Waals surface area (Å²) in [5.41, 5.74) is 1.04. The number of aromatic hydroxyl groups is 1. The van der Waals surface area contributed by atoms with E-state index in [4.69, 9.17) is 15.3 Å². The van der Waals surface area contributed by atoms with E-state index in [9.17, 15) is 14.7 Å². The average Bonchev–Trinajstić information content (AvgIpc) is 2.53. The fourth-order valence-electron chi connectivity index (χ4n) is 1.81. The normalized spacial score (nSPS) is 10.1. The van der Waals surface area contributed by atoms with E-state index in [0.29, 0.717) is 11.5 Å². The second-order valence-electron chi connectivity index (χ2n) is 4.14. The number of ether oxygens (including phenoxy) is 2. The summed E-state index contributed by atoms with van der Waals surface area (Å²) in [6, 6.07) is 5.59. The van der Waals surface area contributed by atoms with E-state index in [-0.39, 0.29) is 5.69 Å². The predicted octanol–water partition coefficient (Wildman–Crippen LogP) is -0.441. The maximum atomic E-state index is 12.1. The number of rotatable bonds is 4. The van der Waals surface area contributed by atoms with E-state index in [2.05, 4.69) is 5.10 Å². The zero-order valence-corrected chi connectivity index (χ0v) is 11.9. The van der Waals surface area contributed by atoms with Crippen LogP contribution in [0.15, 0.2) is 29.1 Å². The standard InChI is InChI=1S/C13H14N4O5/c1-21-7-3-4-10(22-2)8(5-7)17-11(19)6-9(18)12(16-17)13(20)15-14/h3-6,18H,14H2,1-2H3,(H,15,20). The van der Waals surface area contributed by atoms with Gasteiger partial charge in [0.1, 0.15) is 17.2 Å². The number of nitrogens with two attached hydrogens (primary N) is 1. The van der Waals surface area contributed by atoms with Crippen LogP contribution in [0, 0.1) is 0 Å². The van der Waals surface area contributed by atoms with Gasteiger partial charge in [0, 0.05) is 12.1 Å². The fraction of sp³-hybridized carbons (Fsp3) is 0.154. The number of hydrogen-bond donors (Lipinski definition) is 3. The molecule has 0 spiro atoms. The van der Waals surface area contributed by atoms with Crippen LogP contribution in [-0.4, -0.2) is 35.0 Å². The van der Waals surface area contributed by atoms with Gasteiger partial charge in [-0.05, 0) is 12.1 Å². The van der Waals surface area contributed by atoms with Crippen LogP contribution < -0.4 is 26.3 Å². The number of hydrazine groups is 1. The van der Waals surface area contributed by atoms with Gasteiger partial charge in [-0.25, -0.2) is 5.84 Å².